The number of carbonyl (C=O) groups excluding carboxylic acids is 3. The lowest BCUT2D eigenvalue weighted by Gasteiger charge is -2.57. The summed E-state index contributed by atoms with van der Waals surface area (Å²) < 4.78 is 0. The summed E-state index contributed by atoms with van der Waals surface area (Å²) in [5, 5.41) is 13.8. The Balaban J connectivity index is 1.32. The molecule has 5 fully saturated rings. The SMILES string of the molecule is O=C(O)CN(C(=O)C(=O)c1c[nH]c2ccccc12)C(C(=O)NC12CC3CC(CC(C3)C1)C2)C1CCCCC1. The Hall–Kier alpha value is -3.16. The number of para-hydroxylation sites is 1. The van der Waals surface area contributed by atoms with Gasteiger partial charge in [-0.15, -0.1) is 0 Å². The monoisotopic (exact) mass is 519 g/mol. The van der Waals surface area contributed by atoms with Crippen molar-refractivity contribution in [1.82, 2.24) is 15.2 Å². The van der Waals surface area contributed by atoms with Gasteiger partial charge in [0.05, 0.1) is 5.56 Å². The molecule has 1 aromatic carbocycles. The highest BCUT2D eigenvalue weighted by molar-refractivity contribution is 6.45. The number of hydrogen-bond donors (Lipinski definition) is 3. The molecule has 1 aromatic heterocycles. The largest absolute Gasteiger partial charge is 0.480 e. The van der Waals surface area contributed by atoms with Crippen molar-refractivity contribution in [2.45, 2.75) is 82.2 Å². The second-order valence-corrected chi connectivity index (χ2v) is 12.4. The number of H-pyrrole nitrogens is 1. The number of carboxylic acid groups (broad SMARTS) is 1. The maximum Gasteiger partial charge on any atom is 0.323 e. The zero-order chi connectivity index (χ0) is 26.4. The minimum atomic E-state index is -1.23. The average Bonchev–Trinajstić information content (AvgIpc) is 3.31. The lowest BCUT2D eigenvalue weighted by atomic mass is 9.53. The molecule has 0 aliphatic heterocycles. The summed E-state index contributed by atoms with van der Waals surface area (Å²) in [7, 11) is 0. The number of Topliss-reactive ketones (excluding diaryl/α,β-unsaturated/α-hetero) is 1. The second-order valence-electron chi connectivity index (χ2n) is 12.4. The number of amides is 2. The van der Waals surface area contributed by atoms with Gasteiger partial charge in [0.25, 0.3) is 11.7 Å². The first-order valence-electron chi connectivity index (χ1n) is 14.3. The Labute approximate surface area is 222 Å². The lowest BCUT2D eigenvalue weighted by Crippen LogP contribution is -2.64. The topological polar surface area (TPSA) is 120 Å². The van der Waals surface area contributed by atoms with Crippen molar-refractivity contribution in [3.8, 4) is 0 Å². The zero-order valence-electron chi connectivity index (χ0n) is 21.8. The number of benzene rings is 1. The quantitative estimate of drug-likeness (QED) is 0.355. The van der Waals surface area contributed by atoms with Gasteiger partial charge in [-0.2, -0.15) is 0 Å². The number of aromatic amines is 1. The van der Waals surface area contributed by atoms with Gasteiger partial charge in [0.1, 0.15) is 12.6 Å². The van der Waals surface area contributed by atoms with E-state index in [1.807, 2.05) is 12.1 Å². The second kappa shape index (κ2) is 9.86. The minimum Gasteiger partial charge on any atom is -0.480 e. The molecule has 1 heterocycles. The van der Waals surface area contributed by atoms with Crippen LogP contribution < -0.4 is 5.32 Å². The van der Waals surface area contributed by atoms with E-state index in [9.17, 15) is 24.3 Å². The molecule has 0 spiro atoms. The van der Waals surface area contributed by atoms with Gasteiger partial charge in [-0.3, -0.25) is 19.2 Å². The summed E-state index contributed by atoms with van der Waals surface area (Å²) in [6.07, 6.45) is 12.5. The van der Waals surface area contributed by atoms with Gasteiger partial charge in [-0.1, -0.05) is 37.5 Å². The van der Waals surface area contributed by atoms with Crippen molar-refractivity contribution in [2.75, 3.05) is 6.54 Å². The smallest absolute Gasteiger partial charge is 0.323 e. The maximum absolute atomic E-state index is 14.2. The van der Waals surface area contributed by atoms with Crippen molar-refractivity contribution in [1.29, 1.82) is 0 Å². The molecule has 1 atom stereocenters. The van der Waals surface area contributed by atoms with E-state index in [0.29, 0.717) is 23.1 Å². The van der Waals surface area contributed by atoms with Gasteiger partial charge < -0.3 is 20.3 Å². The number of ketones is 1. The van der Waals surface area contributed by atoms with Crippen LogP contribution in [-0.4, -0.2) is 56.7 Å². The van der Waals surface area contributed by atoms with E-state index < -0.39 is 30.2 Å². The normalized spacial score (nSPS) is 29.2. The summed E-state index contributed by atoms with van der Waals surface area (Å²) in [5.41, 5.74) is 0.652. The molecule has 1 unspecified atom stereocenters. The lowest BCUT2D eigenvalue weighted by molar-refractivity contribution is -0.149. The van der Waals surface area contributed by atoms with Gasteiger partial charge in [-0.25, -0.2) is 0 Å². The van der Waals surface area contributed by atoms with E-state index in [2.05, 4.69) is 10.3 Å². The number of rotatable bonds is 8. The molecule has 8 heteroatoms. The molecule has 2 aromatic rings. The Morgan fingerprint density at radius 1 is 0.974 bits per heavy atom. The van der Waals surface area contributed by atoms with E-state index in [1.165, 1.54) is 25.5 Å². The van der Waals surface area contributed by atoms with E-state index in [4.69, 9.17) is 0 Å². The highest BCUT2D eigenvalue weighted by Gasteiger charge is 2.53. The van der Waals surface area contributed by atoms with E-state index in [1.54, 1.807) is 12.1 Å². The van der Waals surface area contributed by atoms with Crippen LogP contribution >= 0.6 is 0 Å². The molecule has 0 radical (unpaired) electrons. The van der Waals surface area contributed by atoms with Crippen LogP contribution in [0.4, 0.5) is 0 Å². The number of nitrogens with zero attached hydrogens (tertiary/aromatic N) is 1. The predicted octanol–water partition coefficient (Wildman–Crippen LogP) is 4.30. The third kappa shape index (κ3) is 4.63. The Morgan fingerprint density at radius 2 is 1.61 bits per heavy atom. The van der Waals surface area contributed by atoms with Crippen molar-refractivity contribution in [3.05, 3.63) is 36.0 Å². The highest BCUT2D eigenvalue weighted by Crippen LogP contribution is 2.55. The maximum atomic E-state index is 14.2. The van der Waals surface area contributed by atoms with Crippen LogP contribution in [0.5, 0.6) is 0 Å². The number of aliphatic carboxylic acids is 1. The highest BCUT2D eigenvalue weighted by atomic mass is 16.4. The van der Waals surface area contributed by atoms with Crippen LogP contribution in [0.1, 0.15) is 81.0 Å². The van der Waals surface area contributed by atoms with Crippen LogP contribution in [0.3, 0.4) is 0 Å². The number of aromatic nitrogens is 1. The van der Waals surface area contributed by atoms with E-state index >= 15 is 0 Å². The van der Waals surface area contributed by atoms with Gasteiger partial charge in [0.2, 0.25) is 5.91 Å². The van der Waals surface area contributed by atoms with Crippen molar-refractivity contribution in [2.24, 2.45) is 23.7 Å². The van der Waals surface area contributed by atoms with Crippen LogP contribution in [0.25, 0.3) is 10.9 Å². The summed E-state index contributed by atoms with van der Waals surface area (Å²) in [4.78, 5) is 57.6. The van der Waals surface area contributed by atoms with E-state index in [-0.39, 0.29) is 22.9 Å². The first kappa shape index (κ1) is 25.1. The molecule has 3 N–H and O–H groups in total. The molecule has 8 nitrogen and oxygen atoms in total. The molecule has 38 heavy (non-hydrogen) atoms. The zero-order valence-corrected chi connectivity index (χ0v) is 21.8. The molecular formula is C30H37N3O5. The number of carboxylic acids is 1. The van der Waals surface area contributed by atoms with E-state index in [0.717, 1.165) is 61.8 Å². The van der Waals surface area contributed by atoms with Gasteiger partial charge in [0.15, 0.2) is 0 Å². The fraction of sp³-hybridized carbons (Fsp3) is 0.600. The fourth-order valence-corrected chi connectivity index (χ4v) is 8.61. The molecule has 2 amide bonds. The van der Waals surface area contributed by atoms with Crippen molar-refractivity contribution >= 4 is 34.5 Å². The fourth-order valence-electron chi connectivity index (χ4n) is 8.61. The van der Waals surface area contributed by atoms with Crippen LogP contribution in [0.2, 0.25) is 0 Å². The molecule has 5 saturated carbocycles. The predicted molar refractivity (Wildman–Crippen MR) is 141 cm³/mol. The first-order valence-corrected chi connectivity index (χ1v) is 14.3. The minimum absolute atomic E-state index is 0.170. The molecule has 202 valence electrons. The first-order chi connectivity index (χ1) is 18.3. The summed E-state index contributed by atoms with van der Waals surface area (Å²) in [5.74, 6) is -1.48. The molecule has 4 bridgehead atoms. The molecular weight excluding hydrogens is 482 g/mol. The number of nitrogens with one attached hydrogen (secondary N) is 2. The molecule has 0 saturated heterocycles. The Bertz CT molecular complexity index is 1220. The summed E-state index contributed by atoms with van der Waals surface area (Å²) >= 11 is 0. The third-order valence-electron chi connectivity index (χ3n) is 9.72. The van der Waals surface area contributed by atoms with Crippen molar-refractivity contribution in [3.63, 3.8) is 0 Å². The van der Waals surface area contributed by atoms with Crippen molar-refractivity contribution < 1.29 is 24.3 Å². The number of fused-ring (bicyclic) bond motifs is 1. The standard InChI is InChI=1S/C30H37N3O5/c34-25(35)17-33(29(38)27(36)23-16-31-24-9-5-4-8-22(23)24)26(21-6-2-1-3-7-21)28(37)32-30-13-18-10-19(14-30)12-20(11-18)15-30/h4-5,8-9,16,18-21,26,31H,1-3,6-7,10-15,17H2,(H,32,37)(H,34,35). The van der Waals surface area contributed by atoms with Crippen LogP contribution in [0.15, 0.2) is 30.5 Å². The summed E-state index contributed by atoms with van der Waals surface area (Å²) in [6.45, 7) is -0.678. The average molecular weight is 520 g/mol. The molecule has 5 aliphatic carbocycles. The molecule has 7 rings (SSSR count). The third-order valence-corrected chi connectivity index (χ3v) is 9.72. The number of hydrogen-bond acceptors (Lipinski definition) is 4. The van der Waals surface area contributed by atoms with Crippen LogP contribution in [-0.2, 0) is 14.4 Å². The molecule has 5 aliphatic rings. The Kier molecular flexibility index (Phi) is 6.52. The summed E-state index contributed by atoms with van der Waals surface area (Å²) in [6, 6.07) is 6.22. The number of carbonyl (C=O) groups is 4. The van der Waals surface area contributed by atoms with Crippen LogP contribution in [0, 0.1) is 23.7 Å². The Morgan fingerprint density at radius 3 is 2.24 bits per heavy atom. The van der Waals surface area contributed by atoms with Gasteiger partial charge in [0, 0.05) is 22.6 Å². The van der Waals surface area contributed by atoms with Gasteiger partial charge >= 0.3 is 5.97 Å². The van der Waals surface area contributed by atoms with Gasteiger partial charge in [-0.05, 0) is 81.1 Å².